The Kier molecular flexibility index (Phi) is 4.70. The van der Waals surface area contributed by atoms with Crippen LogP contribution in [0.5, 0.6) is 0 Å². The summed E-state index contributed by atoms with van der Waals surface area (Å²) in [4.78, 5) is 16.9. The Morgan fingerprint density at radius 3 is 2.70 bits per heavy atom. The van der Waals surface area contributed by atoms with Crippen LogP contribution in [0.1, 0.15) is 19.4 Å². The first-order valence-corrected chi connectivity index (χ1v) is 7.86. The first-order chi connectivity index (χ1) is 9.62. The molecule has 0 radical (unpaired) electrons. The van der Waals surface area contributed by atoms with Crippen molar-refractivity contribution in [2.75, 3.05) is 12.9 Å². The van der Waals surface area contributed by atoms with Crippen molar-refractivity contribution in [3.63, 3.8) is 0 Å². The first-order valence-electron chi connectivity index (χ1n) is 6.64. The number of benzene rings is 1. The van der Waals surface area contributed by atoms with E-state index in [-0.39, 0.29) is 12.1 Å². The quantitative estimate of drug-likeness (QED) is 0.801. The molecule has 1 aliphatic rings. The van der Waals surface area contributed by atoms with E-state index in [9.17, 15) is 4.79 Å². The van der Waals surface area contributed by atoms with Crippen molar-refractivity contribution in [1.29, 1.82) is 0 Å². The SMILES string of the molecule is CCOC(=O)[C@@]1(Cc2ccccc2)N=C(SC)O[C@@H]1C. The summed E-state index contributed by atoms with van der Waals surface area (Å²) >= 11 is 1.40. The van der Waals surface area contributed by atoms with Crippen molar-refractivity contribution in [2.45, 2.75) is 31.9 Å². The number of rotatable bonds is 4. The normalized spacial score (nSPS) is 24.9. The molecule has 20 heavy (non-hydrogen) atoms. The number of esters is 1. The summed E-state index contributed by atoms with van der Waals surface area (Å²) in [5, 5.41) is 0.543. The first kappa shape index (κ1) is 14.9. The summed E-state index contributed by atoms with van der Waals surface area (Å²) in [5.41, 5.74) is 0.0671. The molecule has 1 aliphatic heterocycles. The Balaban J connectivity index is 2.34. The number of carbonyl (C=O) groups is 1. The van der Waals surface area contributed by atoms with Crippen molar-refractivity contribution in [3.05, 3.63) is 35.9 Å². The van der Waals surface area contributed by atoms with E-state index in [2.05, 4.69) is 4.99 Å². The minimum atomic E-state index is -0.976. The lowest BCUT2D eigenvalue weighted by atomic mass is 9.87. The van der Waals surface area contributed by atoms with Gasteiger partial charge in [0.05, 0.1) is 6.61 Å². The zero-order valence-corrected chi connectivity index (χ0v) is 12.8. The summed E-state index contributed by atoms with van der Waals surface area (Å²) in [7, 11) is 0. The fourth-order valence-electron chi connectivity index (χ4n) is 2.25. The van der Waals surface area contributed by atoms with Gasteiger partial charge in [-0.3, -0.25) is 0 Å². The predicted octanol–water partition coefficient (Wildman–Crippen LogP) is 2.67. The van der Waals surface area contributed by atoms with E-state index >= 15 is 0 Å². The minimum absolute atomic E-state index is 0.319. The van der Waals surface area contributed by atoms with Gasteiger partial charge in [0, 0.05) is 6.42 Å². The van der Waals surface area contributed by atoms with Gasteiger partial charge in [-0.15, -0.1) is 0 Å². The molecule has 1 aromatic rings. The van der Waals surface area contributed by atoms with Crippen LogP contribution < -0.4 is 0 Å². The van der Waals surface area contributed by atoms with Crippen molar-refractivity contribution in [1.82, 2.24) is 0 Å². The fraction of sp³-hybridized carbons (Fsp3) is 0.467. The smallest absolute Gasteiger partial charge is 0.338 e. The Labute approximate surface area is 123 Å². The Morgan fingerprint density at radius 1 is 1.45 bits per heavy atom. The molecule has 0 N–H and O–H groups in total. The van der Waals surface area contributed by atoms with Crippen LogP contribution in [0.3, 0.4) is 0 Å². The van der Waals surface area contributed by atoms with Crippen LogP contribution in [0.25, 0.3) is 0 Å². The van der Waals surface area contributed by atoms with Gasteiger partial charge in [0.1, 0.15) is 6.10 Å². The minimum Gasteiger partial charge on any atom is -0.467 e. The molecule has 0 saturated carbocycles. The van der Waals surface area contributed by atoms with Crippen LogP contribution >= 0.6 is 11.8 Å². The number of hydrogen-bond donors (Lipinski definition) is 0. The molecule has 0 unspecified atom stereocenters. The molecule has 0 bridgehead atoms. The highest BCUT2D eigenvalue weighted by Gasteiger charge is 2.51. The maximum Gasteiger partial charge on any atom is 0.338 e. The van der Waals surface area contributed by atoms with Gasteiger partial charge in [-0.05, 0) is 25.7 Å². The lowest BCUT2D eigenvalue weighted by molar-refractivity contribution is -0.151. The third kappa shape index (κ3) is 2.82. The second-order valence-electron chi connectivity index (χ2n) is 4.65. The number of thioether (sulfide) groups is 1. The van der Waals surface area contributed by atoms with E-state index < -0.39 is 5.54 Å². The molecule has 108 valence electrons. The van der Waals surface area contributed by atoms with Gasteiger partial charge in [0.15, 0.2) is 0 Å². The van der Waals surface area contributed by atoms with Crippen LogP contribution in [-0.2, 0) is 20.7 Å². The van der Waals surface area contributed by atoms with E-state index in [1.807, 2.05) is 43.5 Å². The molecular formula is C15H19NO3S. The molecule has 0 amide bonds. The van der Waals surface area contributed by atoms with Crippen molar-refractivity contribution >= 4 is 23.0 Å². The molecule has 1 aromatic carbocycles. The van der Waals surface area contributed by atoms with Crippen LogP contribution in [0.2, 0.25) is 0 Å². The lowest BCUT2D eigenvalue weighted by Gasteiger charge is -2.26. The van der Waals surface area contributed by atoms with Gasteiger partial charge in [-0.1, -0.05) is 42.1 Å². The van der Waals surface area contributed by atoms with E-state index in [0.29, 0.717) is 18.3 Å². The van der Waals surface area contributed by atoms with Crippen LogP contribution in [0.15, 0.2) is 35.3 Å². The highest BCUT2D eigenvalue weighted by Crippen LogP contribution is 2.33. The molecule has 0 saturated heterocycles. The van der Waals surface area contributed by atoms with Gasteiger partial charge < -0.3 is 9.47 Å². The van der Waals surface area contributed by atoms with Gasteiger partial charge in [-0.2, -0.15) is 0 Å². The average Bonchev–Trinajstić information content (AvgIpc) is 2.78. The predicted molar refractivity (Wildman–Crippen MR) is 81.0 cm³/mol. The molecule has 0 aliphatic carbocycles. The highest BCUT2D eigenvalue weighted by molar-refractivity contribution is 8.12. The zero-order valence-electron chi connectivity index (χ0n) is 12.0. The van der Waals surface area contributed by atoms with E-state index in [0.717, 1.165) is 5.56 Å². The van der Waals surface area contributed by atoms with Gasteiger partial charge in [0.2, 0.25) is 10.8 Å². The molecule has 0 aromatic heterocycles. The zero-order chi connectivity index (χ0) is 14.6. The van der Waals surface area contributed by atoms with E-state index in [4.69, 9.17) is 9.47 Å². The largest absolute Gasteiger partial charge is 0.467 e. The molecular weight excluding hydrogens is 274 g/mol. The molecule has 1 heterocycles. The second-order valence-corrected chi connectivity index (χ2v) is 5.41. The van der Waals surface area contributed by atoms with Gasteiger partial charge in [0.25, 0.3) is 0 Å². The second kappa shape index (κ2) is 6.31. The fourth-order valence-corrected chi connectivity index (χ4v) is 2.75. The number of carbonyl (C=O) groups excluding carboxylic acids is 1. The molecule has 2 atom stereocenters. The van der Waals surface area contributed by atoms with Gasteiger partial charge >= 0.3 is 5.97 Å². The Morgan fingerprint density at radius 2 is 2.15 bits per heavy atom. The number of nitrogens with zero attached hydrogens (tertiary/aromatic N) is 1. The molecule has 2 rings (SSSR count). The summed E-state index contributed by atoms with van der Waals surface area (Å²) in [6.45, 7) is 4.01. The maximum absolute atomic E-state index is 12.4. The van der Waals surface area contributed by atoms with Crippen LogP contribution in [-0.4, -0.2) is 35.7 Å². The van der Waals surface area contributed by atoms with Crippen molar-refractivity contribution in [3.8, 4) is 0 Å². The molecule has 4 nitrogen and oxygen atoms in total. The Bertz CT molecular complexity index is 503. The van der Waals surface area contributed by atoms with Crippen molar-refractivity contribution < 1.29 is 14.3 Å². The molecule has 5 heteroatoms. The third-order valence-corrected chi connectivity index (χ3v) is 3.90. The summed E-state index contributed by atoms with van der Waals surface area (Å²) in [5.74, 6) is -0.319. The molecule has 0 spiro atoms. The topological polar surface area (TPSA) is 47.9 Å². The summed E-state index contributed by atoms with van der Waals surface area (Å²) in [6, 6.07) is 9.83. The van der Waals surface area contributed by atoms with Gasteiger partial charge in [-0.25, -0.2) is 9.79 Å². The summed E-state index contributed by atoms with van der Waals surface area (Å²) < 4.78 is 10.9. The average molecular weight is 293 g/mol. The maximum atomic E-state index is 12.4. The monoisotopic (exact) mass is 293 g/mol. The standard InChI is InChI=1S/C15H19NO3S/c1-4-18-13(17)15(10-12-8-6-5-7-9-12)11(2)19-14(16-15)20-3/h5-9,11H,4,10H2,1-3H3/t11-,15+/m1/s1. The highest BCUT2D eigenvalue weighted by atomic mass is 32.2. The van der Waals surface area contributed by atoms with E-state index in [1.165, 1.54) is 11.8 Å². The number of ether oxygens (including phenoxy) is 2. The van der Waals surface area contributed by atoms with Crippen LogP contribution in [0, 0.1) is 0 Å². The number of hydrogen-bond acceptors (Lipinski definition) is 5. The third-order valence-electron chi connectivity index (χ3n) is 3.36. The summed E-state index contributed by atoms with van der Waals surface area (Å²) in [6.07, 6.45) is 2.04. The van der Waals surface area contributed by atoms with Crippen molar-refractivity contribution in [2.24, 2.45) is 4.99 Å². The Hall–Kier alpha value is -1.49. The molecule has 0 fully saturated rings. The lowest BCUT2D eigenvalue weighted by Crippen LogP contribution is -2.47. The van der Waals surface area contributed by atoms with E-state index in [1.54, 1.807) is 6.92 Å². The van der Waals surface area contributed by atoms with Crippen LogP contribution in [0.4, 0.5) is 0 Å². The number of aliphatic imine (C=N–C) groups is 1.